The molecule has 4 aromatic rings. The van der Waals surface area contributed by atoms with Crippen LogP contribution in [-0.2, 0) is 0 Å². The van der Waals surface area contributed by atoms with Crippen LogP contribution in [0.25, 0.3) is 16.9 Å². The third kappa shape index (κ3) is 5.20. The Balaban J connectivity index is 1.30. The van der Waals surface area contributed by atoms with Gasteiger partial charge in [0.1, 0.15) is 11.6 Å². The number of nitrogen functional groups attached to an aromatic ring is 1. The number of nitrogens with one attached hydrogen (secondary N) is 1. The minimum atomic E-state index is -0.306. The highest BCUT2D eigenvalue weighted by Crippen LogP contribution is 2.40. The quantitative estimate of drug-likeness (QED) is 0.320. The number of amides is 1. The van der Waals surface area contributed by atoms with Crippen LogP contribution >= 0.6 is 11.6 Å². The van der Waals surface area contributed by atoms with Crippen LogP contribution in [0, 0.1) is 11.8 Å². The van der Waals surface area contributed by atoms with Gasteiger partial charge in [-0.15, -0.1) is 5.92 Å². The standard InChI is InChI=1S/C30H30ClN7O/c1-2-3-14-37-15-4-5-22(18-37)27-25-11-13-34-30(32)38(25)28(36-27)21-8-9-23(24(31)16-21)29(39)35-26-17-20(10-12-33-26)19-6-7-19/h8-13,16-17,19,22H,4-7,14-15,18H2,1H3,(H2,32,34)(H,33,35,39). The van der Waals surface area contributed by atoms with Crippen LogP contribution in [-0.4, -0.2) is 49.8 Å². The number of piperidine rings is 1. The summed E-state index contributed by atoms with van der Waals surface area (Å²) in [5, 5.41) is 3.21. The molecule has 9 heteroatoms. The van der Waals surface area contributed by atoms with Crippen LogP contribution in [0.4, 0.5) is 11.8 Å². The summed E-state index contributed by atoms with van der Waals surface area (Å²) in [6.45, 7) is 4.55. The Morgan fingerprint density at radius 2 is 1.97 bits per heavy atom. The molecule has 0 spiro atoms. The Kier molecular flexibility index (Phi) is 6.94. The monoisotopic (exact) mass is 539 g/mol. The van der Waals surface area contributed by atoms with E-state index in [-0.39, 0.29) is 11.8 Å². The van der Waals surface area contributed by atoms with Gasteiger partial charge in [-0.2, -0.15) is 0 Å². The number of imidazole rings is 1. The van der Waals surface area contributed by atoms with Gasteiger partial charge in [0, 0.05) is 30.4 Å². The highest BCUT2D eigenvalue weighted by atomic mass is 35.5. The normalized spacial score (nSPS) is 17.5. The Morgan fingerprint density at radius 3 is 2.77 bits per heavy atom. The highest BCUT2D eigenvalue weighted by Gasteiger charge is 2.27. The molecule has 1 aliphatic carbocycles. The van der Waals surface area contributed by atoms with Gasteiger partial charge in [-0.05, 0) is 81.0 Å². The number of hydrogen-bond acceptors (Lipinski definition) is 6. The Morgan fingerprint density at radius 1 is 1.13 bits per heavy atom. The van der Waals surface area contributed by atoms with Crippen molar-refractivity contribution in [2.75, 3.05) is 30.7 Å². The minimum absolute atomic E-state index is 0.252. The number of carbonyl (C=O) groups is 1. The maximum atomic E-state index is 13.1. The molecular formula is C30H30ClN7O. The molecule has 198 valence electrons. The first kappa shape index (κ1) is 25.4. The zero-order valence-electron chi connectivity index (χ0n) is 21.8. The molecule has 1 unspecified atom stereocenters. The van der Waals surface area contributed by atoms with Crippen LogP contribution in [0.2, 0.25) is 5.02 Å². The maximum absolute atomic E-state index is 13.1. The summed E-state index contributed by atoms with van der Waals surface area (Å²) in [5.41, 5.74) is 10.6. The van der Waals surface area contributed by atoms with Gasteiger partial charge in [-0.1, -0.05) is 23.6 Å². The Hall–Kier alpha value is -3.93. The summed E-state index contributed by atoms with van der Waals surface area (Å²) in [6, 6.07) is 11.2. The number of likely N-dealkylation sites (tertiary alicyclic amines) is 1. The minimum Gasteiger partial charge on any atom is -0.369 e. The van der Waals surface area contributed by atoms with E-state index in [1.807, 2.05) is 35.6 Å². The molecule has 1 amide bonds. The lowest BCUT2D eigenvalue weighted by atomic mass is 9.94. The van der Waals surface area contributed by atoms with Crippen LogP contribution in [0.1, 0.15) is 66.1 Å². The summed E-state index contributed by atoms with van der Waals surface area (Å²) < 4.78 is 1.87. The number of nitrogens with zero attached hydrogens (tertiary/aromatic N) is 5. The molecule has 1 saturated heterocycles. The van der Waals surface area contributed by atoms with E-state index in [4.69, 9.17) is 22.3 Å². The SMILES string of the molecule is CC#CCN1CCCC(c2nc(-c3ccc(C(=O)Nc4cc(C5CC5)ccn4)c(Cl)c3)n3c(N)nccc23)C1. The van der Waals surface area contributed by atoms with Crippen molar-refractivity contribution >= 4 is 34.8 Å². The molecule has 0 bridgehead atoms. The summed E-state index contributed by atoms with van der Waals surface area (Å²) in [6.07, 6.45) is 7.94. The second-order valence-electron chi connectivity index (χ2n) is 10.2. The lowest BCUT2D eigenvalue weighted by Gasteiger charge is -2.30. The van der Waals surface area contributed by atoms with E-state index >= 15 is 0 Å². The zero-order valence-corrected chi connectivity index (χ0v) is 22.6. The van der Waals surface area contributed by atoms with E-state index in [1.54, 1.807) is 24.5 Å². The molecule has 2 fully saturated rings. The number of fused-ring (bicyclic) bond motifs is 1. The first-order valence-electron chi connectivity index (χ1n) is 13.3. The molecule has 0 radical (unpaired) electrons. The molecule has 1 aromatic carbocycles. The van der Waals surface area contributed by atoms with E-state index < -0.39 is 0 Å². The maximum Gasteiger partial charge on any atom is 0.258 e. The van der Waals surface area contributed by atoms with Crippen molar-refractivity contribution in [2.45, 2.75) is 44.4 Å². The van der Waals surface area contributed by atoms with Gasteiger partial charge in [0.05, 0.1) is 28.3 Å². The fourth-order valence-electron chi connectivity index (χ4n) is 5.40. The van der Waals surface area contributed by atoms with Gasteiger partial charge in [0.2, 0.25) is 5.95 Å². The second-order valence-corrected chi connectivity index (χ2v) is 10.7. The first-order chi connectivity index (χ1) is 19.0. The average Bonchev–Trinajstić information content (AvgIpc) is 3.72. The second kappa shape index (κ2) is 10.7. The Bertz CT molecular complexity index is 1610. The number of carbonyl (C=O) groups excluding carboxylic acids is 1. The molecular weight excluding hydrogens is 510 g/mol. The fraction of sp³-hybridized carbons (Fsp3) is 0.333. The van der Waals surface area contributed by atoms with Crippen LogP contribution < -0.4 is 11.1 Å². The van der Waals surface area contributed by atoms with Crippen molar-refractivity contribution in [2.24, 2.45) is 0 Å². The number of rotatable bonds is 6. The molecule has 3 aromatic heterocycles. The van der Waals surface area contributed by atoms with Gasteiger partial charge in [-0.25, -0.2) is 15.0 Å². The van der Waals surface area contributed by atoms with Crippen LogP contribution in [0.3, 0.4) is 0 Å². The van der Waals surface area contributed by atoms with Crippen molar-refractivity contribution in [3.63, 3.8) is 0 Å². The van der Waals surface area contributed by atoms with E-state index in [2.05, 4.69) is 32.0 Å². The van der Waals surface area contributed by atoms with E-state index in [9.17, 15) is 4.79 Å². The van der Waals surface area contributed by atoms with Gasteiger partial charge < -0.3 is 11.1 Å². The molecule has 1 atom stereocenters. The lowest BCUT2D eigenvalue weighted by Crippen LogP contribution is -2.34. The van der Waals surface area contributed by atoms with E-state index in [0.717, 1.165) is 49.2 Å². The zero-order chi connectivity index (χ0) is 26.9. The molecule has 4 heterocycles. The number of benzene rings is 1. The van der Waals surface area contributed by atoms with Gasteiger partial charge in [0.15, 0.2) is 0 Å². The largest absolute Gasteiger partial charge is 0.369 e. The fourth-order valence-corrected chi connectivity index (χ4v) is 5.67. The lowest BCUT2D eigenvalue weighted by molar-refractivity contribution is 0.102. The van der Waals surface area contributed by atoms with Gasteiger partial charge in [0.25, 0.3) is 5.91 Å². The van der Waals surface area contributed by atoms with Crippen molar-refractivity contribution in [1.29, 1.82) is 0 Å². The molecule has 1 aliphatic heterocycles. The average molecular weight is 540 g/mol. The molecule has 39 heavy (non-hydrogen) atoms. The van der Waals surface area contributed by atoms with Crippen LogP contribution in [0.5, 0.6) is 0 Å². The van der Waals surface area contributed by atoms with Crippen molar-refractivity contribution in [1.82, 2.24) is 24.3 Å². The number of pyridine rings is 1. The third-order valence-electron chi connectivity index (χ3n) is 7.53. The number of halogens is 1. The molecule has 3 N–H and O–H groups in total. The summed E-state index contributed by atoms with van der Waals surface area (Å²) in [5.74, 6) is 8.23. The predicted octanol–water partition coefficient (Wildman–Crippen LogP) is 5.36. The summed E-state index contributed by atoms with van der Waals surface area (Å²) in [4.78, 5) is 29.1. The Labute approximate surface area is 232 Å². The molecule has 6 rings (SSSR count). The summed E-state index contributed by atoms with van der Waals surface area (Å²) in [7, 11) is 0. The first-order valence-corrected chi connectivity index (χ1v) is 13.7. The number of nitrogens with two attached hydrogens (primary N) is 1. The number of aromatic nitrogens is 4. The van der Waals surface area contributed by atoms with Crippen molar-refractivity contribution in [3.8, 4) is 23.2 Å². The topological polar surface area (TPSA) is 101 Å². The van der Waals surface area contributed by atoms with Gasteiger partial charge in [-0.3, -0.25) is 14.1 Å². The predicted molar refractivity (Wildman–Crippen MR) is 154 cm³/mol. The van der Waals surface area contributed by atoms with Gasteiger partial charge >= 0.3 is 0 Å². The molecule has 1 saturated carbocycles. The van der Waals surface area contributed by atoms with Crippen LogP contribution in [0.15, 0.2) is 48.8 Å². The van der Waals surface area contributed by atoms with Crippen molar-refractivity contribution < 1.29 is 4.79 Å². The molecule has 2 aliphatic rings. The smallest absolute Gasteiger partial charge is 0.258 e. The van der Waals surface area contributed by atoms with Crippen molar-refractivity contribution in [3.05, 3.63) is 70.6 Å². The highest BCUT2D eigenvalue weighted by molar-refractivity contribution is 6.34. The third-order valence-corrected chi connectivity index (χ3v) is 7.84. The number of hydrogen-bond donors (Lipinski definition) is 2. The summed E-state index contributed by atoms with van der Waals surface area (Å²) >= 11 is 6.66. The van der Waals surface area contributed by atoms with E-state index in [0.29, 0.717) is 34.1 Å². The van der Waals surface area contributed by atoms with E-state index in [1.165, 1.54) is 18.4 Å². The number of anilines is 2. The molecule has 8 nitrogen and oxygen atoms in total.